The minimum Gasteiger partial charge on any atom is -0.365 e. The average molecular weight is 392 g/mol. The van der Waals surface area contributed by atoms with Crippen LogP contribution in [0.4, 0.5) is 5.00 Å². The predicted octanol–water partition coefficient (Wildman–Crippen LogP) is 2.69. The van der Waals surface area contributed by atoms with Crippen LogP contribution in [0.5, 0.6) is 0 Å². The molecule has 2 amide bonds. The summed E-state index contributed by atoms with van der Waals surface area (Å²) in [6.07, 6.45) is 5.11. The molecule has 138 valence electrons. The molecule has 2 aromatic rings. The Balaban J connectivity index is 1.50. The number of carbonyl (C=O) groups is 2. The maximum atomic E-state index is 12.7. The van der Waals surface area contributed by atoms with E-state index in [0.29, 0.717) is 16.6 Å². The number of primary amides is 1. The third-order valence-electron chi connectivity index (χ3n) is 4.80. The number of nitrogens with two attached hydrogens (primary N) is 1. The summed E-state index contributed by atoms with van der Waals surface area (Å²) in [7, 11) is 0. The first-order valence-corrected chi connectivity index (χ1v) is 10.5. The fourth-order valence-corrected chi connectivity index (χ4v) is 5.62. The molecule has 0 spiro atoms. The smallest absolute Gasteiger partial charge is 0.251 e. The molecular weight excluding hydrogens is 370 g/mol. The van der Waals surface area contributed by atoms with Crippen molar-refractivity contribution in [1.29, 1.82) is 0 Å². The maximum absolute atomic E-state index is 12.7. The van der Waals surface area contributed by atoms with Gasteiger partial charge in [-0.05, 0) is 51.5 Å². The molecule has 3 N–H and O–H groups in total. The summed E-state index contributed by atoms with van der Waals surface area (Å²) >= 11 is 2.87. The molecule has 0 saturated heterocycles. The number of thiophene rings is 1. The summed E-state index contributed by atoms with van der Waals surface area (Å²) in [6.45, 7) is 3.78. The van der Waals surface area contributed by atoms with Crippen LogP contribution < -0.4 is 11.1 Å². The van der Waals surface area contributed by atoms with Crippen LogP contribution in [0.1, 0.15) is 58.9 Å². The zero-order chi connectivity index (χ0) is 18.4. The van der Waals surface area contributed by atoms with Crippen molar-refractivity contribution in [2.75, 3.05) is 5.32 Å². The molecule has 0 bridgehead atoms. The normalized spacial score (nSPS) is 17.2. The summed E-state index contributed by atoms with van der Waals surface area (Å²) in [5.41, 5.74) is 7.07. The minimum atomic E-state index is -0.468. The SMILES string of the molecule is Cc1nnc(S[C@@H](C)C(=O)Nc2sc3c(c2C(N)=O)CCC3)n1C1CC1. The van der Waals surface area contributed by atoms with Crippen molar-refractivity contribution in [3.8, 4) is 0 Å². The van der Waals surface area contributed by atoms with Gasteiger partial charge in [-0.15, -0.1) is 21.5 Å². The molecule has 2 aliphatic rings. The second-order valence-electron chi connectivity index (χ2n) is 6.81. The Bertz CT molecular complexity index is 884. The van der Waals surface area contributed by atoms with E-state index in [1.807, 2.05) is 13.8 Å². The molecule has 2 aromatic heterocycles. The van der Waals surface area contributed by atoms with Crippen molar-refractivity contribution in [2.45, 2.75) is 62.4 Å². The van der Waals surface area contributed by atoms with E-state index in [-0.39, 0.29) is 11.2 Å². The van der Waals surface area contributed by atoms with E-state index in [2.05, 4.69) is 20.1 Å². The predicted molar refractivity (Wildman–Crippen MR) is 102 cm³/mol. The Kier molecular flexibility index (Phi) is 4.52. The van der Waals surface area contributed by atoms with E-state index < -0.39 is 5.91 Å². The number of hydrogen-bond donors (Lipinski definition) is 2. The number of carbonyl (C=O) groups excluding carboxylic acids is 2. The van der Waals surface area contributed by atoms with Crippen LogP contribution in [0.3, 0.4) is 0 Å². The van der Waals surface area contributed by atoms with Crippen LogP contribution in [-0.2, 0) is 17.6 Å². The number of rotatable bonds is 6. The molecule has 4 rings (SSSR count). The van der Waals surface area contributed by atoms with Crippen molar-refractivity contribution >= 4 is 39.9 Å². The lowest BCUT2D eigenvalue weighted by molar-refractivity contribution is -0.115. The third kappa shape index (κ3) is 3.14. The van der Waals surface area contributed by atoms with E-state index >= 15 is 0 Å². The van der Waals surface area contributed by atoms with Gasteiger partial charge >= 0.3 is 0 Å². The van der Waals surface area contributed by atoms with Gasteiger partial charge in [0.15, 0.2) is 5.16 Å². The van der Waals surface area contributed by atoms with Crippen LogP contribution in [0.15, 0.2) is 5.16 Å². The van der Waals surface area contributed by atoms with Gasteiger partial charge in [0.25, 0.3) is 5.91 Å². The molecule has 0 radical (unpaired) electrons. The number of fused-ring (bicyclic) bond motifs is 1. The molecule has 0 aromatic carbocycles. The van der Waals surface area contributed by atoms with Gasteiger partial charge in [-0.25, -0.2) is 0 Å². The fourth-order valence-electron chi connectivity index (χ4n) is 3.36. The third-order valence-corrected chi connectivity index (χ3v) is 7.07. The van der Waals surface area contributed by atoms with Crippen LogP contribution in [0, 0.1) is 6.92 Å². The standard InChI is InChI=1S/C17H21N5O2S2/c1-8(25-17-21-20-9(2)22(17)10-6-7-10)15(24)19-16-13(14(18)23)11-4-3-5-12(11)26-16/h8,10H,3-7H2,1-2H3,(H2,18,23)(H,19,24)/t8-/m0/s1. The number of amides is 2. The van der Waals surface area contributed by atoms with E-state index in [1.165, 1.54) is 28.0 Å². The van der Waals surface area contributed by atoms with Crippen LogP contribution >= 0.6 is 23.1 Å². The Morgan fingerprint density at radius 1 is 1.35 bits per heavy atom. The first kappa shape index (κ1) is 17.5. The van der Waals surface area contributed by atoms with Gasteiger partial charge in [0, 0.05) is 10.9 Å². The van der Waals surface area contributed by atoms with Crippen molar-refractivity contribution < 1.29 is 9.59 Å². The summed E-state index contributed by atoms with van der Waals surface area (Å²) in [6, 6.07) is 0.462. The van der Waals surface area contributed by atoms with Gasteiger partial charge in [-0.3, -0.25) is 9.59 Å². The molecule has 1 atom stereocenters. The lowest BCUT2D eigenvalue weighted by Gasteiger charge is -2.13. The highest BCUT2D eigenvalue weighted by atomic mass is 32.2. The van der Waals surface area contributed by atoms with Crippen molar-refractivity contribution in [1.82, 2.24) is 14.8 Å². The molecule has 1 fully saturated rings. The van der Waals surface area contributed by atoms with Crippen molar-refractivity contribution in [3.63, 3.8) is 0 Å². The van der Waals surface area contributed by atoms with Gasteiger partial charge in [0.1, 0.15) is 10.8 Å². The van der Waals surface area contributed by atoms with Crippen LogP contribution in [-0.4, -0.2) is 31.8 Å². The largest absolute Gasteiger partial charge is 0.365 e. The molecule has 1 saturated carbocycles. The molecule has 0 aliphatic heterocycles. The zero-order valence-electron chi connectivity index (χ0n) is 14.7. The van der Waals surface area contributed by atoms with E-state index in [0.717, 1.165) is 48.6 Å². The summed E-state index contributed by atoms with van der Waals surface area (Å²) in [5, 5.41) is 12.3. The Labute approximate surface area is 159 Å². The quantitative estimate of drug-likeness (QED) is 0.737. The first-order valence-electron chi connectivity index (χ1n) is 8.79. The van der Waals surface area contributed by atoms with Crippen molar-refractivity contribution in [3.05, 3.63) is 21.8 Å². The fraction of sp³-hybridized carbons (Fsp3) is 0.529. The zero-order valence-corrected chi connectivity index (χ0v) is 16.4. The highest BCUT2D eigenvalue weighted by Crippen LogP contribution is 2.41. The van der Waals surface area contributed by atoms with Gasteiger partial charge in [-0.2, -0.15) is 0 Å². The Hall–Kier alpha value is -1.87. The number of nitrogens with zero attached hydrogens (tertiary/aromatic N) is 3. The monoisotopic (exact) mass is 391 g/mol. The number of anilines is 1. The molecule has 26 heavy (non-hydrogen) atoms. The highest BCUT2D eigenvalue weighted by molar-refractivity contribution is 8.00. The Morgan fingerprint density at radius 2 is 2.12 bits per heavy atom. The van der Waals surface area contributed by atoms with Gasteiger partial charge in [-0.1, -0.05) is 11.8 Å². The van der Waals surface area contributed by atoms with Crippen molar-refractivity contribution in [2.24, 2.45) is 5.73 Å². The summed E-state index contributed by atoms with van der Waals surface area (Å²) < 4.78 is 2.11. The van der Waals surface area contributed by atoms with E-state index in [9.17, 15) is 9.59 Å². The van der Waals surface area contributed by atoms with Gasteiger partial charge < -0.3 is 15.6 Å². The molecule has 2 aliphatic carbocycles. The highest BCUT2D eigenvalue weighted by Gasteiger charge is 2.31. The summed E-state index contributed by atoms with van der Waals surface area (Å²) in [4.78, 5) is 25.7. The van der Waals surface area contributed by atoms with Gasteiger partial charge in [0.2, 0.25) is 5.91 Å². The molecular formula is C17H21N5O2S2. The summed E-state index contributed by atoms with van der Waals surface area (Å²) in [5.74, 6) is 0.262. The maximum Gasteiger partial charge on any atom is 0.251 e. The number of aryl methyl sites for hydroxylation is 2. The minimum absolute atomic E-state index is 0.152. The lowest BCUT2D eigenvalue weighted by Crippen LogP contribution is -2.24. The van der Waals surface area contributed by atoms with Gasteiger partial charge in [0.05, 0.1) is 10.8 Å². The first-order chi connectivity index (χ1) is 12.5. The average Bonchev–Trinajstić information content (AvgIpc) is 3.04. The number of hydrogen-bond acceptors (Lipinski definition) is 6. The number of thioether (sulfide) groups is 1. The topological polar surface area (TPSA) is 103 Å². The van der Waals surface area contributed by atoms with E-state index in [1.54, 1.807) is 0 Å². The molecule has 2 heterocycles. The second-order valence-corrected chi connectivity index (χ2v) is 9.22. The second kappa shape index (κ2) is 6.70. The lowest BCUT2D eigenvalue weighted by atomic mass is 10.1. The molecule has 9 heteroatoms. The van der Waals surface area contributed by atoms with Crippen LogP contribution in [0.2, 0.25) is 0 Å². The Morgan fingerprint density at radius 3 is 2.81 bits per heavy atom. The van der Waals surface area contributed by atoms with E-state index in [4.69, 9.17) is 5.73 Å². The molecule has 7 nitrogen and oxygen atoms in total. The number of nitrogens with one attached hydrogen (secondary N) is 1. The molecule has 0 unspecified atom stereocenters. The number of aromatic nitrogens is 3. The van der Waals surface area contributed by atoms with Crippen LogP contribution in [0.25, 0.3) is 0 Å².